The van der Waals surface area contributed by atoms with E-state index in [1.165, 1.54) is 0 Å². The first kappa shape index (κ1) is 7.29. The van der Waals surface area contributed by atoms with Crippen molar-refractivity contribution in [2.45, 2.75) is 0 Å². The van der Waals surface area contributed by atoms with Gasteiger partial charge in [-0.1, -0.05) is 0 Å². The average molecular weight is 166 g/mol. The fourth-order valence-electron chi connectivity index (χ4n) is 0.712. The quantitative estimate of drug-likeness (QED) is 0.450. The third-order valence-electron chi connectivity index (χ3n) is 1.22. The Hall–Kier alpha value is -0.816. The number of nitrogen functional groups attached to an aromatic ring is 3. The van der Waals surface area contributed by atoms with Crippen molar-refractivity contribution in [1.29, 1.82) is 0 Å². The molecule has 10 heavy (non-hydrogen) atoms. The maximum atomic E-state index is 5.60. The number of nitrogens with two attached hydrogens (primary N) is 3. The molecule has 0 aliphatic heterocycles. The van der Waals surface area contributed by atoms with E-state index in [2.05, 4.69) is 9.76 Å². The molecule has 0 bridgehead atoms. The SMILES string of the molecule is Nc1cc(N)[si]([Si])c(N)c1. The van der Waals surface area contributed by atoms with E-state index in [0.717, 1.165) is 10.6 Å². The Bertz CT molecular complexity index is 238. The van der Waals surface area contributed by atoms with Crippen LogP contribution in [0.25, 0.3) is 0 Å². The number of anilines is 3. The van der Waals surface area contributed by atoms with E-state index in [1.54, 1.807) is 12.1 Å². The maximum absolute atomic E-state index is 5.60. The molecule has 0 amide bonds. The molecule has 6 N–H and O–H groups in total. The summed E-state index contributed by atoms with van der Waals surface area (Å²) in [7, 11) is 2.44. The van der Waals surface area contributed by atoms with Gasteiger partial charge in [0.25, 0.3) is 0 Å². The molecule has 1 aromatic heterocycles. The van der Waals surface area contributed by atoms with Crippen molar-refractivity contribution in [2.75, 3.05) is 17.2 Å². The second-order valence-corrected chi connectivity index (χ2v) is 5.48. The normalized spacial score (nSPS) is 9.70. The molecule has 1 heterocycles. The Morgan fingerprint density at radius 1 is 1.10 bits per heavy atom. The Kier molecular flexibility index (Phi) is 1.77. The first-order valence-electron chi connectivity index (χ1n) is 2.77. The molecule has 3 radical (unpaired) electrons. The van der Waals surface area contributed by atoms with Crippen LogP contribution >= 0.6 is 0 Å². The predicted octanol–water partition coefficient (Wildman–Crippen LogP) is -0.610. The van der Waals surface area contributed by atoms with Crippen LogP contribution in [0.15, 0.2) is 12.1 Å². The highest BCUT2D eigenvalue weighted by molar-refractivity contribution is 7.05. The van der Waals surface area contributed by atoms with Crippen molar-refractivity contribution < 1.29 is 0 Å². The number of rotatable bonds is 0. The van der Waals surface area contributed by atoms with E-state index in [1.807, 2.05) is 0 Å². The average Bonchev–Trinajstić information content (AvgIpc) is 1.82. The van der Waals surface area contributed by atoms with Gasteiger partial charge in [-0.3, -0.25) is 0 Å². The lowest BCUT2D eigenvalue weighted by molar-refractivity contribution is 1.75. The second-order valence-electron chi connectivity index (χ2n) is 2.07. The summed E-state index contributed by atoms with van der Waals surface area (Å²) in [5.41, 5.74) is 17.3. The summed E-state index contributed by atoms with van der Waals surface area (Å²) in [6, 6.07) is 3.47. The molecule has 5 heteroatoms. The van der Waals surface area contributed by atoms with Crippen LogP contribution in [0, 0.1) is 0 Å². The maximum Gasteiger partial charge on any atom is 0.0754 e. The minimum absolute atomic E-state index is 0.627. The summed E-state index contributed by atoms with van der Waals surface area (Å²) in [5, 5.41) is 1.50. The van der Waals surface area contributed by atoms with E-state index in [-0.39, 0.29) is 0 Å². The highest BCUT2D eigenvalue weighted by atomic mass is 29.1. The first-order chi connectivity index (χ1) is 4.61. The fraction of sp³-hybridized carbons (Fsp3) is 0. The van der Waals surface area contributed by atoms with Crippen molar-refractivity contribution in [3.8, 4) is 0 Å². The predicted molar refractivity (Wildman–Crippen MR) is 46.8 cm³/mol. The molecule has 3 nitrogen and oxygen atoms in total. The van der Waals surface area contributed by atoms with Crippen LogP contribution in [0.4, 0.5) is 16.3 Å². The van der Waals surface area contributed by atoms with Gasteiger partial charge in [0.2, 0.25) is 0 Å². The highest BCUT2D eigenvalue weighted by Crippen LogP contribution is 2.12. The van der Waals surface area contributed by atoms with Gasteiger partial charge in [-0.2, -0.15) is 0 Å². The summed E-state index contributed by atoms with van der Waals surface area (Å²) >= 11 is 0. The summed E-state index contributed by atoms with van der Waals surface area (Å²) < 4.78 is 0. The van der Waals surface area contributed by atoms with Gasteiger partial charge in [0, 0.05) is 26.0 Å². The zero-order valence-corrected chi connectivity index (χ0v) is 7.39. The Labute approximate surface area is 64.0 Å². The zero-order chi connectivity index (χ0) is 7.72. The molecule has 0 aliphatic carbocycles. The standard InChI is InChI=1S/C5H8N3Si2/c6-3-1-4(7)10(9)5(8)2-3/h1-2H,6-8H2. The van der Waals surface area contributed by atoms with Gasteiger partial charge in [-0.25, -0.2) is 0 Å². The molecule has 0 unspecified atom stereocenters. The largest absolute Gasteiger partial charge is 0.403 e. The van der Waals surface area contributed by atoms with Gasteiger partial charge in [0.15, 0.2) is 0 Å². The van der Waals surface area contributed by atoms with Gasteiger partial charge in [-0.05, 0) is 12.1 Å². The molecule has 0 spiro atoms. The van der Waals surface area contributed by atoms with E-state index < -0.39 is 7.91 Å². The van der Waals surface area contributed by atoms with Gasteiger partial charge < -0.3 is 17.2 Å². The smallest absolute Gasteiger partial charge is 0.0754 e. The second kappa shape index (κ2) is 2.43. The van der Waals surface area contributed by atoms with Gasteiger partial charge in [0.1, 0.15) is 0 Å². The van der Waals surface area contributed by atoms with Crippen LogP contribution in [0.2, 0.25) is 0 Å². The molecule has 1 aromatic rings. The zero-order valence-electron chi connectivity index (χ0n) is 5.39. The molecular weight excluding hydrogens is 158 g/mol. The molecule has 0 aromatic carbocycles. The van der Waals surface area contributed by atoms with Crippen LogP contribution in [-0.4, -0.2) is 17.7 Å². The van der Waals surface area contributed by atoms with E-state index >= 15 is 0 Å². The van der Waals surface area contributed by atoms with Crippen LogP contribution in [0.3, 0.4) is 0 Å². The third kappa shape index (κ3) is 1.19. The van der Waals surface area contributed by atoms with Crippen molar-refractivity contribution in [3.63, 3.8) is 0 Å². The lowest BCUT2D eigenvalue weighted by Crippen LogP contribution is -2.10. The molecule has 51 valence electrons. The molecule has 1 rings (SSSR count). The lowest BCUT2D eigenvalue weighted by atomic mass is 10.4. The van der Waals surface area contributed by atoms with E-state index in [4.69, 9.17) is 17.2 Å². The van der Waals surface area contributed by atoms with Crippen molar-refractivity contribution >= 4 is 34.0 Å². The van der Waals surface area contributed by atoms with Crippen LogP contribution in [0.1, 0.15) is 0 Å². The minimum Gasteiger partial charge on any atom is -0.403 e. The van der Waals surface area contributed by atoms with Crippen molar-refractivity contribution in [1.82, 2.24) is 0 Å². The van der Waals surface area contributed by atoms with Crippen LogP contribution < -0.4 is 17.2 Å². The topological polar surface area (TPSA) is 78.1 Å². The minimum atomic E-state index is -0.998. The van der Waals surface area contributed by atoms with Gasteiger partial charge in [0.05, 0.1) is 7.91 Å². The Morgan fingerprint density at radius 2 is 1.50 bits per heavy atom. The van der Waals surface area contributed by atoms with Crippen LogP contribution in [0.5, 0.6) is 0 Å². The van der Waals surface area contributed by atoms with Gasteiger partial charge in [-0.15, -0.1) is 0 Å². The van der Waals surface area contributed by atoms with Crippen molar-refractivity contribution in [2.24, 2.45) is 0 Å². The van der Waals surface area contributed by atoms with Gasteiger partial charge >= 0.3 is 0 Å². The summed E-state index contributed by atoms with van der Waals surface area (Å²) in [4.78, 5) is 0. The number of hydrogen-bond donors (Lipinski definition) is 3. The molecule has 0 saturated carbocycles. The third-order valence-corrected chi connectivity index (χ3v) is 4.40. The molecule has 0 atom stereocenters. The molecule has 0 saturated heterocycles. The Morgan fingerprint density at radius 3 is 1.90 bits per heavy atom. The number of hydrogen-bond acceptors (Lipinski definition) is 3. The van der Waals surface area contributed by atoms with E-state index in [9.17, 15) is 0 Å². The van der Waals surface area contributed by atoms with Crippen LogP contribution in [-0.2, 0) is 0 Å². The molecular formula is C5H8N3Si2. The summed E-state index contributed by atoms with van der Waals surface area (Å²) in [6.07, 6.45) is 0. The Balaban J connectivity index is 3.31. The summed E-state index contributed by atoms with van der Waals surface area (Å²) in [6.45, 7) is 0. The summed E-state index contributed by atoms with van der Waals surface area (Å²) in [5.74, 6) is 0. The lowest BCUT2D eigenvalue weighted by Gasteiger charge is -2.03. The fourth-order valence-corrected chi connectivity index (χ4v) is 2.10. The van der Waals surface area contributed by atoms with Crippen molar-refractivity contribution in [3.05, 3.63) is 12.1 Å². The molecule has 0 aliphatic rings. The highest BCUT2D eigenvalue weighted by Gasteiger charge is 1.99. The van der Waals surface area contributed by atoms with E-state index in [0.29, 0.717) is 5.69 Å². The monoisotopic (exact) mass is 166 g/mol. The first-order valence-corrected chi connectivity index (χ1v) is 5.77. The molecule has 0 fully saturated rings.